The van der Waals surface area contributed by atoms with Gasteiger partial charge in [-0.1, -0.05) is 11.6 Å². The summed E-state index contributed by atoms with van der Waals surface area (Å²) in [6, 6.07) is 7.47. The maximum atomic E-state index is 12.8. The predicted molar refractivity (Wildman–Crippen MR) is 97.1 cm³/mol. The Labute approximate surface area is 156 Å². The van der Waals surface area contributed by atoms with Crippen molar-refractivity contribution < 1.29 is 27.4 Å². The van der Waals surface area contributed by atoms with Crippen LogP contribution in [0.1, 0.15) is 13.8 Å². The van der Waals surface area contributed by atoms with Crippen molar-refractivity contribution in [2.24, 2.45) is 0 Å². The van der Waals surface area contributed by atoms with E-state index in [1.54, 1.807) is 32.0 Å². The first-order chi connectivity index (χ1) is 12.1. The molecular weight excluding hydrogens is 382 g/mol. The Morgan fingerprint density at radius 3 is 2.31 bits per heavy atom. The number of hydrogen-bond donors (Lipinski definition) is 1. The average Bonchev–Trinajstić information content (AvgIpc) is 2.87. The van der Waals surface area contributed by atoms with Crippen molar-refractivity contribution >= 4 is 27.3 Å². The standard InChI is InChI=1S/C17H18ClNO6S/c1-17(2)24-12-6-5-10(7-14(12)25-17)19-26(20,21)16-9-13(22-3)11(18)8-15(16)23-4/h5-9,19H,1-4H3. The second-order valence-electron chi connectivity index (χ2n) is 6.01. The number of sulfonamides is 1. The van der Waals surface area contributed by atoms with Crippen molar-refractivity contribution in [2.45, 2.75) is 24.5 Å². The first-order valence-corrected chi connectivity index (χ1v) is 9.48. The molecule has 1 aliphatic heterocycles. The maximum Gasteiger partial charge on any atom is 0.265 e. The van der Waals surface area contributed by atoms with E-state index < -0.39 is 15.8 Å². The van der Waals surface area contributed by atoms with Gasteiger partial charge in [-0.15, -0.1) is 0 Å². The molecule has 2 aromatic carbocycles. The van der Waals surface area contributed by atoms with Crippen LogP contribution in [0.15, 0.2) is 35.2 Å². The quantitative estimate of drug-likeness (QED) is 0.826. The zero-order valence-electron chi connectivity index (χ0n) is 14.6. The fourth-order valence-electron chi connectivity index (χ4n) is 2.54. The van der Waals surface area contributed by atoms with E-state index in [4.69, 9.17) is 30.5 Å². The van der Waals surface area contributed by atoms with Crippen molar-refractivity contribution in [3.8, 4) is 23.0 Å². The topological polar surface area (TPSA) is 83.1 Å². The van der Waals surface area contributed by atoms with Gasteiger partial charge in [-0.2, -0.15) is 0 Å². The van der Waals surface area contributed by atoms with Crippen LogP contribution >= 0.6 is 11.6 Å². The van der Waals surface area contributed by atoms with E-state index in [9.17, 15) is 8.42 Å². The van der Waals surface area contributed by atoms with Gasteiger partial charge in [-0.3, -0.25) is 4.72 Å². The van der Waals surface area contributed by atoms with Gasteiger partial charge in [0.25, 0.3) is 10.0 Å². The minimum absolute atomic E-state index is 0.0979. The number of halogens is 1. The van der Waals surface area contributed by atoms with Crippen LogP contribution in [0.4, 0.5) is 5.69 Å². The Kier molecular flexibility index (Phi) is 4.58. The van der Waals surface area contributed by atoms with Crippen molar-refractivity contribution in [3.05, 3.63) is 35.4 Å². The highest BCUT2D eigenvalue weighted by Crippen LogP contribution is 2.41. The molecule has 0 amide bonds. The lowest BCUT2D eigenvalue weighted by Crippen LogP contribution is -2.29. The van der Waals surface area contributed by atoms with E-state index in [0.29, 0.717) is 17.2 Å². The van der Waals surface area contributed by atoms with E-state index in [0.717, 1.165) is 0 Å². The summed E-state index contributed by atoms with van der Waals surface area (Å²) in [6.45, 7) is 3.53. The highest BCUT2D eigenvalue weighted by Gasteiger charge is 2.32. The molecule has 1 aliphatic rings. The Morgan fingerprint density at radius 1 is 1.00 bits per heavy atom. The van der Waals surface area contributed by atoms with Gasteiger partial charge in [0.05, 0.1) is 24.9 Å². The molecule has 0 radical (unpaired) electrons. The molecular formula is C17H18ClNO6S. The molecule has 0 spiro atoms. The summed E-state index contributed by atoms with van der Waals surface area (Å²) >= 11 is 6.03. The first kappa shape index (κ1) is 18.5. The van der Waals surface area contributed by atoms with Crippen LogP contribution in [0, 0.1) is 0 Å². The highest BCUT2D eigenvalue weighted by atomic mass is 35.5. The van der Waals surface area contributed by atoms with Gasteiger partial charge in [0.1, 0.15) is 16.4 Å². The number of benzene rings is 2. The molecule has 0 bridgehead atoms. The monoisotopic (exact) mass is 399 g/mol. The van der Waals surface area contributed by atoms with E-state index >= 15 is 0 Å². The third-order valence-electron chi connectivity index (χ3n) is 3.64. The van der Waals surface area contributed by atoms with Crippen LogP contribution in [0.3, 0.4) is 0 Å². The summed E-state index contributed by atoms with van der Waals surface area (Å²) in [6.07, 6.45) is 0. The normalized spacial score (nSPS) is 14.8. The zero-order chi connectivity index (χ0) is 19.1. The van der Waals surface area contributed by atoms with Crippen LogP contribution in [0.25, 0.3) is 0 Å². The molecule has 0 atom stereocenters. The van der Waals surface area contributed by atoms with Crippen LogP contribution in [-0.2, 0) is 10.0 Å². The summed E-state index contributed by atoms with van der Waals surface area (Å²) in [5, 5.41) is 0.244. The lowest BCUT2D eigenvalue weighted by Gasteiger charge is -2.16. The average molecular weight is 400 g/mol. The molecule has 1 N–H and O–H groups in total. The van der Waals surface area contributed by atoms with Gasteiger partial charge < -0.3 is 18.9 Å². The molecule has 9 heteroatoms. The molecule has 0 aromatic heterocycles. The molecule has 0 saturated carbocycles. The molecule has 0 unspecified atom stereocenters. The lowest BCUT2D eigenvalue weighted by atomic mass is 10.3. The maximum absolute atomic E-state index is 12.8. The van der Waals surface area contributed by atoms with Gasteiger partial charge >= 0.3 is 0 Å². The van der Waals surface area contributed by atoms with E-state index in [-0.39, 0.29) is 21.4 Å². The SMILES string of the molecule is COc1cc(S(=O)(=O)Nc2ccc3c(c2)OC(C)(C)O3)c(OC)cc1Cl. The number of nitrogens with one attached hydrogen (secondary N) is 1. The number of ether oxygens (including phenoxy) is 4. The number of hydrogen-bond acceptors (Lipinski definition) is 6. The first-order valence-electron chi connectivity index (χ1n) is 7.61. The minimum atomic E-state index is -3.96. The number of fused-ring (bicyclic) bond motifs is 1. The predicted octanol–water partition coefficient (Wildman–Crippen LogP) is 3.67. The van der Waals surface area contributed by atoms with E-state index in [2.05, 4.69) is 4.72 Å². The second kappa shape index (κ2) is 6.44. The molecule has 1 heterocycles. The van der Waals surface area contributed by atoms with Gasteiger partial charge in [0.15, 0.2) is 11.5 Å². The number of methoxy groups -OCH3 is 2. The fraction of sp³-hybridized carbons (Fsp3) is 0.294. The largest absolute Gasteiger partial charge is 0.495 e. The molecule has 140 valence electrons. The minimum Gasteiger partial charge on any atom is -0.495 e. The molecule has 3 rings (SSSR count). The second-order valence-corrected chi connectivity index (χ2v) is 8.07. The third-order valence-corrected chi connectivity index (χ3v) is 5.33. The number of rotatable bonds is 5. The van der Waals surface area contributed by atoms with Crippen molar-refractivity contribution in [2.75, 3.05) is 18.9 Å². The van der Waals surface area contributed by atoms with Gasteiger partial charge in [0.2, 0.25) is 5.79 Å². The highest BCUT2D eigenvalue weighted by molar-refractivity contribution is 7.92. The van der Waals surface area contributed by atoms with Crippen molar-refractivity contribution in [3.63, 3.8) is 0 Å². The third kappa shape index (κ3) is 3.47. The van der Waals surface area contributed by atoms with Crippen LogP contribution in [-0.4, -0.2) is 28.4 Å². The molecule has 0 fully saturated rings. The van der Waals surface area contributed by atoms with Gasteiger partial charge in [0, 0.05) is 32.0 Å². The molecule has 2 aromatic rings. The van der Waals surface area contributed by atoms with Crippen molar-refractivity contribution in [1.29, 1.82) is 0 Å². The molecule has 0 aliphatic carbocycles. The van der Waals surface area contributed by atoms with Crippen molar-refractivity contribution in [1.82, 2.24) is 0 Å². The Bertz CT molecular complexity index is 958. The molecule has 0 saturated heterocycles. The van der Waals surface area contributed by atoms with Crippen LogP contribution < -0.4 is 23.7 Å². The van der Waals surface area contributed by atoms with Gasteiger partial charge in [-0.25, -0.2) is 8.42 Å². The summed E-state index contributed by atoms with van der Waals surface area (Å²) in [4.78, 5) is -0.0979. The Hall–Kier alpha value is -2.32. The molecule has 26 heavy (non-hydrogen) atoms. The summed E-state index contributed by atoms with van der Waals surface area (Å²) in [5.74, 6) is 0.525. The summed E-state index contributed by atoms with van der Waals surface area (Å²) < 4.78 is 49.6. The molecule has 7 nitrogen and oxygen atoms in total. The lowest BCUT2D eigenvalue weighted by molar-refractivity contribution is -0.0431. The zero-order valence-corrected chi connectivity index (χ0v) is 16.2. The summed E-state index contributed by atoms with van der Waals surface area (Å²) in [5.41, 5.74) is 0.320. The number of anilines is 1. The van der Waals surface area contributed by atoms with E-state index in [1.807, 2.05) is 0 Å². The van der Waals surface area contributed by atoms with Crippen LogP contribution in [0.5, 0.6) is 23.0 Å². The van der Waals surface area contributed by atoms with Crippen LogP contribution in [0.2, 0.25) is 5.02 Å². The Balaban J connectivity index is 1.96. The summed E-state index contributed by atoms with van der Waals surface area (Å²) in [7, 11) is -1.20. The smallest absolute Gasteiger partial charge is 0.265 e. The van der Waals surface area contributed by atoms with E-state index in [1.165, 1.54) is 26.4 Å². The fourth-order valence-corrected chi connectivity index (χ4v) is 3.99. The van der Waals surface area contributed by atoms with Gasteiger partial charge in [-0.05, 0) is 12.1 Å². The Morgan fingerprint density at radius 2 is 1.65 bits per heavy atom.